The van der Waals surface area contributed by atoms with E-state index in [9.17, 15) is 9.59 Å². The average molecular weight is 193 g/mol. The predicted molar refractivity (Wildman–Crippen MR) is 52.0 cm³/mol. The quantitative estimate of drug-likeness (QED) is 0.519. The molecular formula is C9H11N3O2. The van der Waals surface area contributed by atoms with E-state index in [1.165, 1.54) is 0 Å². The molecule has 3 N–H and O–H groups in total. The Labute approximate surface area is 81.5 Å². The first-order chi connectivity index (χ1) is 6.77. The number of hydrogen-bond donors (Lipinski definition) is 2. The molecule has 74 valence electrons. The van der Waals surface area contributed by atoms with E-state index in [1.54, 1.807) is 24.3 Å². The Hall–Kier alpha value is -1.88. The standard InChI is InChI=1S/C9H11N3O2/c10-6-9(14)12(7-13)11-8-4-2-1-3-5-8/h1-5,7,11H,6,10H2. The van der Waals surface area contributed by atoms with E-state index in [4.69, 9.17) is 5.73 Å². The molecule has 0 radical (unpaired) electrons. The Morgan fingerprint density at radius 2 is 2.07 bits per heavy atom. The first kappa shape index (κ1) is 10.2. The second-order valence-electron chi connectivity index (χ2n) is 2.55. The van der Waals surface area contributed by atoms with Gasteiger partial charge in [-0.05, 0) is 12.1 Å². The molecule has 5 heteroatoms. The topological polar surface area (TPSA) is 75.4 Å². The van der Waals surface area contributed by atoms with Gasteiger partial charge in [-0.2, -0.15) is 5.01 Å². The van der Waals surface area contributed by atoms with Crippen molar-refractivity contribution >= 4 is 18.0 Å². The van der Waals surface area contributed by atoms with Crippen molar-refractivity contribution in [1.29, 1.82) is 0 Å². The molecule has 0 aromatic heterocycles. The minimum Gasteiger partial charge on any atom is -0.322 e. The van der Waals surface area contributed by atoms with E-state index in [0.717, 1.165) is 5.01 Å². The first-order valence-corrected chi connectivity index (χ1v) is 4.07. The van der Waals surface area contributed by atoms with Crippen molar-refractivity contribution in [3.05, 3.63) is 30.3 Å². The van der Waals surface area contributed by atoms with Gasteiger partial charge in [0, 0.05) is 0 Å². The molecule has 0 aliphatic carbocycles. The van der Waals surface area contributed by atoms with Gasteiger partial charge in [0.15, 0.2) is 0 Å². The maximum absolute atomic E-state index is 11.1. The highest BCUT2D eigenvalue weighted by Gasteiger charge is 2.09. The van der Waals surface area contributed by atoms with Gasteiger partial charge in [0.05, 0.1) is 12.2 Å². The number of carbonyl (C=O) groups is 2. The number of benzene rings is 1. The predicted octanol–water partition coefficient (Wildman–Crippen LogP) is -0.0428. The first-order valence-electron chi connectivity index (χ1n) is 4.07. The van der Waals surface area contributed by atoms with Crippen molar-refractivity contribution < 1.29 is 9.59 Å². The van der Waals surface area contributed by atoms with Crippen LogP contribution in [-0.2, 0) is 9.59 Å². The maximum Gasteiger partial charge on any atom is 0.261 e. The molecule has 0 fully saturated rings. The Balaban J connectivity index is 2.66. The Morgan fingerprint density at radius 1 is 1.43 bits per heavy atom. The minimum atomic E-state index is -0.483. The van der Waals surface area contributed by atoms with Gasteiger partial charge in [0.2, 0.25) is 6.41 Å². The maximum atomic E-state index is 11.1. The molecule has 0 unspecified atom stereocenters. The zero-order valence-corrected chi connectivity index (χ0v) is 7.51. The van der Waals surface area contributed by atoms with Gasteiger partial charge in [-0.1, -0.05) is 18.2 Å². The normalized spacial score (nSPS) is 9.21. The van der Waals surface area contributed by atoms with Crippen LogP contribution < -0.4 is 11.2 Å². The highest BCUT2D eigenvalue weighted by Crippen LogP contribution is 2.05. The Kier molecular flexibility index (Phi) is 3.63. The van der Waals surface area contributed by atoms with Crippen LogP contribution >= 0.6 is 0 Å². The van der Waals surface area contributed by atoms with Crippen LogP contribution in [0.25, 0.3) is 0 Å². The molecule has 0 bridgehead atoms. The number of anilines is 1. The van der Waals surface area contributed by atoms with Crippen LogP contribution in [0.15, 0.2) is 30.3 Å². The highest BCUT2D eigenvalue weighted by atomic mass is 16.2. The molecule has 1 aromatic carbocycles. The largest absolute Gasteiger partial charge is 0.322 e. The van der Waals surface area contributed by atoms with Crippen molar-refractivity contribution in [2.75, 3.05) is 12.0 Å². The minimum absolute atomic E-state index is 0.210. The highest BCUT2D eigenvalue weighted by molar-refractivity contribution is 5.88. The van der Waals surface area contributed by atoms with Crippen LogP contribution in [0.1, 0.15) is 0 Å². The van der Waals surface area contributed by atoms with E-state index < -0.39 is 5.91 Å². The zero-order chi connectivity index (χ0) is 10.4. The average Bonchev–Trinajstić information content (AvgIpc) is 2.26. The number of para-hydroxylation sites is 1. The molecule has 0 spiro atoms. The van der Waals surface area contributed by atoms with Crippen LogP contribution in [0.5, 0.6) is 0 Å². The molecular weight excluding hydrogens is 182 g/mol. The number of nitrogens with zero attached hydrogens (tertiary/aromatic N) is 1. The molecule has 0 saturated carbocycles. The lowest BCUT2D eigenvalue weighted by atomic mass is 10.3. The van der Waals surface area contributed by atoms with Gasteiger partial charge in [0.1, 0.15) is 0 Å². The second-order valence-corrected chi connectivity index (χ2v) is 2.55. The summed E-state index contributed by atoms with van der Waals surface area (Å²) >= 11 is 0. The molecule has 14 heavy (non-hydrogen) atoms. The summed E-state index contributed by atoms with van der Waals surface area (Å²) in [7, 11) is 0. The number of nitrogens with one attached hydrogen (secondary N) is 1. The van der Waals surface area contributed by atoms with E-state index in [2.05, 4.69) is 5.43 Å². The summed E-state index contributed by atoms with van der Waals surface area (Å²) in [5.74, 6) is -0.483. The van der Waals surface area contributed by atoms with Crippen molar-refractivity contribution in [2.45, 2.75) is 0 Å². The molecule has 5 nitrogen and oxygen atoms in total. The fourth-order valence-corrected chi connectivity index (χ4v) is 0.898. The lowest BCUT2D eigenvalue weighted by Gasteiger charge is -2.16. The molecule has 2 amide bonds. The van der Waals surface area contributed by atoms with Crippen LogP contribution in [0.4, 0.5) is 5.69 Å². The number of nitrogens with two attached hydrogens (primary N) is 1. The summed E-state index contributed by atoms with van der Waals surface area (Å²) in [5, 5.41) is 0.815. The number of imide groups is 1. The molecule has 1 rings (SSSR count). The number of carbonyl (C=O) groups excluding carboxylic acids is 2. The number of rotatable bonds is 4. The second kappa shape index (κ2) is 4.98. The lowest BCUT2D eigenvalue weighted by Crippen LogP contribution is -2.39. The smallest absolute Gasteiger partial charge is 0.261 e. The van der Waals surface area contributed by atoms with Crippen LogP contribution in [-0.4, -0.2) is 23.9 Å². The number of hydrogen-bond acceptors (Lipinski definition) is 4. The third-order valence-corrected chi connectivity index (χ3v) is 1.57. The molecule has 0 aliphatic rings. The van der Waals surface area contributed by atoms with Crippen molar-refractivity contribution in [3.8, 4) is 0 Å². The van der Waals surface area contributed by atoms with Gasteiger partial charge >= 0.3 is 0 Å². The summed E-state index contributed by atoms with van der Waals surface area (Å²) < 4.78 is 0. The fourth-order valence-electron chi connectivity index (χ4n) is 0.898. The van der Waals surface area contributed by atoms with Gasteiger partial charge in [-0.3, -0.25) is 15.0 Å². The van der Waals surface area contributed by atoms with Gasteiger partial charge < -0.3 is 5.73 Å². The van der Waals surface area contributed by atoms with E-state index in [0.29, 0.717) is 12.1 Å². The monoisotopic (exact) mass is 193 g/mol. The lowest BCUT2D eigenvalue weighted by molar-refractivity contribution is -0.135. The number of amides is 2. The van der Waals surface area contributed by atoms with Gasteiger partial charge in [-0.25, -0.2) is 0 Å². The van der Waals surface area contributed by atoms with Crippen molar-refractivity contribution in [2.24, 2.45) is 5.73 Å². The van der Waals surface area contributed by atoms with Gasteiger partial charge in [-0.15, -0.1) is 0 Å². The van der Waals surface area contributed by atoms with Crippen LogP contribution in [0.3, 0.4) is 0 Å². The molecule has 0 atom stereocenters. The summed E-state index contributed by atoms with van der Waals surface area (Å²) in [5.41, 5.74) is 8.38. The van der Waals surface area contributed by atoms with E-state index in [-0.39, 0.29) is 6.54 Å². The SMILES string of the molecule is NCC(=O)N(C=O)Nc1ccccc1. The van der Waals surface area contributed by atoms with E-state index in [1.807, 2.05) is 6.07 Å². The van der Waals surface area contributed by atoms with Crippen LogP contribution in [0, 0.1) is 0 Å². The summed E-state index contributed by atoms with van der Waals surface area (Å²) in [6.45, 7) is -0.210. The van der Waals surface area contributed by atoms with E-state index >= 15 is 0 Å². The zero-order valence-electron chi connectivity index (χ0n) is 7.51. The molecule has 0 heterocycles. The van der Waals surface area contributed by atoms with Crippen molar-refractivity contribution in [3.63, 3.8) is 0 Å². The third kappa shape index (κ3) is 2.56. The summed E-state index contributed by atoms with van der Waals surface area (Å²) in [6.07, 6.45) is 0.391. The Bertz CT molecular complexity index is 313. The molecule has 0 aliphatic heterocycles. The summed E-state index contributed by atoms with van der Waals surface area (Å²) in [4.78, 5) is 21.6. The van der Waals surface area contributed by atoms with Crippen LogP contribution in [0.2, 0.25) is 0 Å². The summed E-state index contributed by atoms with van der Waals surface area (Å²) in [6, 6.07) is 8.89. The molecule has 0 saturated heterocycles. The fraction of sp³-hybridized carbons (Fsp3) is 0.111. The Morgan fingerprint density at radius 3 is 2.57 bits per heavy atom. The third-order valence-electron chi connectivity index (χ3n) is 1.57. The van der Waals surface area contributed by atoms with Crippen molar-refractivity contribution in [1.82, 2.24) is 5.01 Å². The molecule has 1 aromatic rings. The number of hydrazine groups is 1. The van der Waals surface area contributed by atoms with Gasteiger partial charge in [0.25, 0.3) is 5.91 Å².